The summed E-state index contributed by atoms with van der Waals surface area (Å²) in [6.45, 7) is 0. The van der Waals surface area contributed by atoms with Crippen molar-refractivity contribution >= 4 is 11.6 Å². The normalized spacial score (nSPS) is 10.5. The van der Waals surface area contributed by atoms with Crippen LogP contribution in [0.2, 0.25) is 5.15 Å². The van der Waals surface area contributed by atoms with E-state index in [1.807, 2.05) is 4.98 Å². The van der Waals surface area contributed by atoms with Crippen LogP contribution in [0.25, 0.3) is 5.69 Å². The van der Waals surface area contributed by atoms with Gasteiger partial charge in [-0.25, -0.2) is 13.8 Å². The number of aromatic nitrogens is 2. The number of nitrogens with zero attached hydrogens (tertiary/aromatic N) is 1. The fraction of sp³-hybridized carbons (Fsp3) is 0. The average Bonchev–Trinajstić information content (AvgIpc) is 2.29. The Bertz CT molecular complexity index is 693. The van der Waals surface area contributed by atoms with Gasteiger partial charge in [0.2, 0.25) is 5.82 Å². The summed E-state index contributed by atoms with van der Waals surface area (Å²) in [5.74, 6) is -2.16. The van der Waals surface area contributed by atoms with Crippen LogP contribution in [0.15, 0.2) is 33.9 Å². The summed E-state index contributed by atoms with van der Waals surface area (Å²) in [5.41, 5.74) is -2.65. The van der Waals surface area contributed by atoms with E-state index in [4.69, 9.17) is 11.6 Å². The van der Waals surface area contributed by atoms with Crippen LogP contribution in [0.1, 0.15) is 0 Å². The first-order valence-electron chi connectivity index (χ1n) is 4.47. The van der Waals surface area contributed by atoms with Gasteiger partial charge in [0, 0.05) is 0 Å². The molecule has 0 fully saturated rings. The lowest BCUT2D eigenvalue weighted by Gasteiger charge is -2.05. The summed E-state index contributed by atoms with van der Waals surface area (Å²) in [7, 11) is 0. The predicted molar refractivity (Wildman–Crippen MR) is 57.6 cm³/mol. The summed E-state index contributed by atoms with van der Waals surface area (Å²) in [5, 5.41) is -0.701. The van der Waals surface area contributed by atoms with Crippen LogP contribution >= 0.6 is 11.6 Å². The van der Waals surface area contributed by atoms with Gasteiger partial charge < -0.3 is 0 Å². The number of halogens is 3. The molecule has 2 rings (SSSR count). The molecule has 0 aliphatic rings. The average molecular weight is 259 g/mol. The van der Waals surface area contributed by atoms with Gasteiger partial charge in [0.05, 0.1) is 5.69 Å². The number of nitrogens with one attached hydrogen (secondary N) is 1. The Morgan fingerprint density at radius 1 is 1.18 bits per heavy atom. The molecule has 7 heteroatoms. The van der Waals surface area contributed by atoms with E-state index in [9.17, 15) is 18.4 Å². The Labute approximate surface area is 98.1 Å². The van der Waals surface area contributed by atoms with E-state index >= 15 is 0 Å². The highest BCUT2D eigenvalue weighted by atomic mass is 35.5. The minimum absolute atomic E-state index is 0.339. The molecule has 0 aliphatic carbocycles. The first-order chi connectivity index (χ1) is 8.02. The molecule has 1 aromatic heterocycles. The van der Waals surface area contributed by atoms with Crippen molar-refractivity contribution in [2.24, 2.45) is 0 Å². The minimum Gasteiger partial charge on any atom is -0.295 e. The smallest absolute Gasteiger partial charge is 0.295 e. The highest BCUT2D eigenvalue weighted by Gasteiger charge is 2.15. The van der Waals surface area contributed by atoms with Crippen LogP contribution in [0, 0.1) is 11.6 Å². The van der Waals surface area contributed by atoms with Crippen molar-refractivity contribution in [1.29, 1.82) is 0 Å². The first kappa shape index (κ1) is 11.5. The molecule has 0 unspecified atom stereocenters. The van der Waals surface area contributed by atoms with Crippen molar-refractivity contribution in [2.45, 2.75) is 0 Å². The first-order valence-corrected chi connectivity index (χ1v) is 4.85. The van der Waals surface area contributed by atoms with Crippen LogP contribution in [-0.4, -0.2) is 9.55 Å². The van der Waals surface area contributed by atoms with E-state index < -0.39 is 28.0 Å². The molecule has 88 valence electrons. The zero-order valence-electron chi connectivity index (χ0n) is 8.21. The lowest BCUT2D eigenvalue weighted by molar-refractivity contribution is 0.572. The van der Waals surface area contributed by atoms with Gasteiger partial charge in [-0.15, -0.1) is 0 Å². The monoisotopic (exact) mass is 258 g/mol. The van der Waals surface area contributed by atoms with Crippen molar-refractivity contribution < 1.29 is 8.78 Å². The molecule has 0 spiro atoms. The van der Waals surface area contributed by atoms with Crippen LogP contribution in [0.3, 0.4) is 0 Å². The Balaban J connectivity index is 2.87. The van der Waals surface area contributed by atoms with E-state index in [1.165, 1.54) is 18.2 Å². The minimum atomic E-state index is -1.34. The molecular formula is C10H5ClF2N2O2. The third-order valence-corrected chi connectivity index (χ3v) is 2.36. The van der Waals surface area contributed by atoms with E-state index in [-0.39, 0.29) is 5.69 Å². The van der Waals surface area contributed by atoms with E-state index in [2.05, 4.69) is 0 Å². The molecule has 2 aromatic rings. The lowest BCUT2D eigenvalue weighted by Crippen LogP contribution is -2.36. The maximum atomic E-state index is 13.4. The molecule has 1 heterocycles. The number of hydrogen-bond donors (Lipinski definition) is 1. The summed E-state index contributed by atoms with van der Waals surface area (Å²) in [4.78, 5) is 24.8. The predicted octanol–water partition coefficient (Wildman–Crippen LogP) is 1.46. The van der Waals surface area contributed by atoms with Gasteiger partial charge in [0.1, 0.15) is 5.82 Å². The number of aromatic amines is 1. The van der Waals surface area contributed by atoms with E-state index in [0.717, 1.165) is 6.07 Å². The highest BCUT2D eigenvalue weighted by Crippen LogP contribution is 2.10. The molecule has 0 bridgehead atoms. The summed E-state index contributed by atoms with van der Waals surface area (Å²) < 4.78 is 27.0. The molecule has 0 amide bonds. The maximum absolute atomic E-state index is 13.4. The quantitative estimate of drug-likeness (QED) is 0.788. The Morgan fingerprint density at radius 3 is 2.47 bits per heavy atom. The van der Waals surface area contributed by atoms with Crippen LogP contribution in [-0.2, 0) is 0 Å². The van der Waals surface area contributed by atoms with Gasteiger partial charge in [-0.05, 0) is 12.1 Å². The number of para-hydroxylation sites is 1. The van der Waals surface area contributed by atoms with Crippen LogP contribution in [0.4, 0.5) is 8.78 Å². The largest absolute Gasteiger partial charge is 0.334 e. The van der Waals surface area contributed by atoms with Crippen molar-refractivity contribution in [2.75, 3.05) is 0 Å². The Hall–Kier alpha value is -1.95. The zero-order chi connectivity index (χ0) is 12.6. The second-order valence-electron chi connectivity index (χ2n) is 3.15. The second kappa shape index (κ2) is 4.14. The third kappa shape index (κ3) is 1.87. The van der Waals surface area contributed by atoms with Crippen LogP contribution in [0.5, 0.6) is 0 Å². The lowest BCUT2D eigenvalue weighted by atomic mass is 10.3. The van der Waals surface area contributed by atoms with E-state index in [1.54, 1.807) is 0 Å². The molecule has 0 aliphatic heterocycles. The molecule has 0 saturated carbocycles. The van der Waals surface area contributed by atoms with E-state index in [0.29, 0.717) is 4.57 Å². The molecular weight excluding hydrogens is 254 g/mol. The Morgan fingerprint density at radius 2 is 1.82 bits per heavy atom. The maximum Gasteiger partial charge on any atom is 0.334 e. The summed E-state index contributed by atoms with van der Waals surface area (Å²) in [6.07, 6.45) is 0. The molecule has 0 atom stereocenters. The molecule has 4 nitrogen and oxygen atoms in total. The highest BCUT2D eigenvalue weighted by molar-refractivity contribution is 6.29. The molecule has 0 radical (unpaired) electrons. The van der Waals surface area contributed by atoms with Crippen molar-refractivity contribution in [3.8, 4) is 5.69 Å². The topological polar surface area (TPSA) is 54.9 Å². The van der Waals surface area contributed by atoms with Crippen molar-refractivity contribution in [3.05, 3.63) is 61.9 Å². The summed E-state index contributed by atoms with van der Waals surface area (Å²) >= 11 is 5.28. The van der Waals surface area contributed by atoms with Gasteiger partial charge in [-0.3, -0.25) is 9.78 Å². The standard InChI is InChI=1S/C10H5ClF2N2O2/c11-8-7(13)9(16)15(10(17)14-8)6-4-2-1-3-5(6)12/h1-4H,(H,14,17). The molecule has 1 N–H and O–H groups in total. The fourth-order valence-electron chi connectivity index (χ4n) is 1.34. The number of benzene rings is 1. The van der Waals surface area contributed by atoms with Gasteiger partial charge in [-0.2, -0.15) is 4.39 Å². The van der Waals surface area contributed by atoms with Crippen LogP contribution < -0.4 is 11.2 Å². The van der Waals surface area contributed by atoms with Gasteiger partial charge >= 0.3 is 5.69 Å². The molecule has 1 aromatic carbocycles. The zero-order valence-corrected chi connectivity index (χ0v) is 8.96. The Kier molecular flexibility index (Phi) is 2.81. The summed E-state index contributed by atoms with van der Waals surface area (Å²) in [6, 6.07) is 5.02. The number of H-pyrrole nitrogens is 1. The van der Waals surface area contributed by atoms with Crippen molar-refractivity contribution in [3.63, 3.8) is 0 Å². The third-order valence-electron chi connectivity index (χ3n) is 2.10. The number of hydrogen-bond acceptors (Lipinski definition) is 2. The van der Waals surface area contributed by atoms with Gasteiger partial charge in [0.25, 0.3) is 5.56 Å². The fourth-order valence-corrected chi connectivity index (χ4v) is 1.50. The molecule has 17 heavy (non-hydrogen) atoms. The molecule has 0 saturated heterocycles. The number of rotatable bonds is 1. The van der Waals surface area contributed by atoms with Gasteiger partial charge in [-0.1, -0.05) is 23.7 Å². The second-order valence-corrected chi connectivity index (χ2v) is 3.53. The van der Waals surface area contributed by atoms with Gasteiger partial charge in [0.15, 0.2) is 5.15 Å². The SMILES string of the molecule is O=c1[nH]c(Cl)c(F)c(=O)n1-c1ccccc1F. The van der Waals surface area contributed by atoms with Crippen molar-refractivity contribution in [1.82, 2.24) is 9.55 Å².